The van der Waals surface area contributed by atoms with E-state index in [-0.39, 0.29) is 29.4 Å². The zero-order valence-corrected chi connectivity index (χ0v) is 15.9. The minimum Gasteiger partial charge on any atom is -0.480 e. The second-order valence-corrected chi connectivity index (χ2v) is 7.30. The summed E-state index contributed by atoms with van der Waals surface area (Å²) < 4.78 is 27.7. The first kappa shape index (κ1) is 20.9. The first-order valence-electron chi connectivity index (χ1n) is 7.04. The molecule has 0 radical (unpaired) electrons. The van der Waals surface area contributed by atoms with Gasteiger partial charge < -0.3 is 18.6 Å². The van der Waals surface area contributed by atoms with Crippen molar-refractivity contribution in [1.29, 1.82) is 0 Å². The first-order valence-corrected chi connectivity index (χ1v) is 9.34. The third-order valence-corrected chi connectivity index (χ3v) is 5.11. The quantitative estimate of drug-likeness (QED) is 0.263. The lowest BCUT2D eigenvalue weighted by atomic mass is 10.3. The van der Waals surface area contributed by atoms with Crippen LogP contribution in [0.5, 0.6) is 5.75 Å². The van der Waals surface area contributed by atoms with E-state index in [0.29, 0.717) is 5.02 Å². The van der Waals surface area contributed by atoms with Gasteiger partial charge in [0.15, 0.2) is 12.1 Å². The molecule has 1 aromatic carbocycles. The number of hydrogen-bond acceptors (Lipinski definition) is 7. The number of carbonyl (C=O) groups is 1. The molecule has 0 amide bonds. The van der Waals surface area contributed by atoms with Gasteiger partial charge in [0.05, 0.1) is 18.2 Å². The summed E-state index contributed by atoms with van der Waals surface area (Å²) in [5, 5.41) is 4.20. The highest BCUT2D eigenvalue weighted by atomic mass is 35.5. The number of nitrogens with zero attached hydrogens (tertiary/aromatic N) is 1. The van der Waals surface area contributed by atoms with Gasteiger partial charge in [-0.3, -0.25) is 4.57 Å². The predicted molar refractivity (Wildman–Crippen MR) is 92.0 cm³/mol. The van der Waals surface area contributed by atoms with E-state index in [1.54, 1.807) is 19.9 Å². The van der Waals surface area contributed by atoms with E-state index in [2.05, 4.69) is 9.99 Å². The van der Waals surface area contributed by atoms with Gasteiger partial charge in [0.25, 0.3) is 0 Å². The lowest BCUT2D eigenvalue weighted by Gasteiger charge is -2.15. The molecule has 0 saturated carbocycles. The molecular formula is C14H18Cl2NO6P. The lowest BCUT2D eigenvalue weighted by molar-refractivity contribution is -0.145. The molecule has 1 aromatic rings. The van der Waals surface area contributed by atoms with E-state index >= 15 is 0 Å². The zero-order chi connectivity index (χ0) is 18.2. The molecule has 0 aromatic heterocycles. The lowest BCUT2D eigenvalue weighted by Crippen LogP contribution is -2.14. The molecule has 0 fully saturated rings. The molecule has 1 rings (SSSR count). The number of rotatable bonds is 9. The van der Waals surface area contributed by atoms with Crippen LogP contribution in [0.2, 0.25) is 10.0 Å². The fourth-order valence-electron chi connectivity index (χ4n) is 1.49. The van der Waals surface area contributed by atoms with E-state index in [1.807, 2.05) is 0 Å². The van der Waals surface area contributed by atoms with E-state index < -0.39 is 20.2 Å². The molecule has 7 nitrogen and oxygen atoms in total. The summed E-state index contributed by atoms with van der Waals surface area (Å²) in [6.45, 7) is 4.60. The summed E-state index contributed by atoms with van der Waals surface area (Å²) in [5.41, 5.74) is -0.0657. The normalized spacial score (nSPS) is 12.1. The summed E-state index contributed by atoms with van der Waals surface area (Å²) >= 11 is 11.7. The summed E-state index contributed by atoms with van der Waals surface area (Å²) in [5.74, 6) is -0.534. The Balaban J connectivity index is 2.62. The molecule has 0 aliphatic carbocycles. The second-order valence-electron chi connectivity index (χ2n) is 4.30. The monoisotopic (exact) mass is 397 g/mol. The molecule has 0 bridgehead atoms. The average Bonchev–Trinajstić information content (AvgIpc) is 2.52. The number of halogens is 2. The van der Waals surface area contributed by atoms with Crippen molar-refractivity contribution in [2.75, 3.05) is 19.8 Å². The fraction of sp³-hybridized carbons (Fsp3) is 0.429. The van der Waals surface area contributed by atoms with E-state index in [9.17, 15) is 9.36 Å². The van der Waals surface area contributed by atoms with Crippen LogP contribution in [0, 0.1) is 0 Å². The van der Waals surface area contributed by atoms with Crippen LogP contribution in [0.4, 0.5) is 0 Å². The van der Waals surface area contributed by atoms with Crippen LogP contribution in [0.25, 0.3) is 0 Å². The van der Waals surface area contributed by atoms with Crippen LogP contribution in [0.15, 0.2) is 23.4 Å². The van der Waals surface area contributed by atoms with E-state index in [0.717, 1.165) is 0 Å². The number of benzene rings is 1. The van der Waals surface area contributed by atoms with Crippen molar-refractivity contribution in [2.24, 2.45) is 5.16 Å². The Hall–Kier alpha value is -1.11. The van der Waals surface area contributed by atoms with Gasteiger partial charge in [0.1, 0.15) is 5.75 Å². The number of carbonyl (C=O) groups excluding carboxylic acids is 1. The smallest absolute Gasteiger partial charge is 0.378 e. The van der Waals surface area contributed by atoms with Gasteiger partial charge >= 0.3 is 13.6 Å². The molecule has 0 spiro atoms. The second kappa shape index (κ2) is 10.0. The largest absolute Gasteiger partial charge is 0.480 e. The fourth-order valence-corrected chi connectivity index (χ4v) is 3.22. The highest BCUT2D eigenvalue weighted by Gasteiger charge is 2.29. The minimum absolute atomic E-state index is 0.0657. The Morgan fingerprint density at radius 2 is 1.83 bits per heavy atom. The topological polar surface area (TPSA) is 83.4 Å². The highest BCUT2D eigenvalue weighted by Crippen LogP contribution is 2.49. The Labute approximate surface area is 150 Å². The Kier molecular flexibility index (Phi) is 8.73. The Morgan fingerprint density at radius 3 is 2.38 bits per heavy atom. The van der Waals surface area contributed by atoms with Crippen LogP contribution in [0.3, 0.4) is 0 Å². The maximum Gasteiger partial charge on any atom is 0.378 e. The predicted octanol–water partition coefficient (Wildman–Crippen LogP) is 4.51. The van der Waals surface area contributed by atoms with Gasteiger partial charge in [-0.25, -0.2) is 4.79 Å². The number of ether oxygens (including phenoxy) is 1. The van der Waals surface area contributed by atoms with Crippen molar-refractivity contribution in [3.05, 3.63) is 28.2 Å². The van der Waals surface area contributed by atoms with Crippen LogP contribution in [0.1, 0.15) is 20.8 Å². The van der Waals surface area contributed by atoms with Crippen molar-refractivity contribution in [2.45, 2.75) is 20.8 Å². The average molecular weight is 398 g/mol. The van der Waals surface area contributed by atoms with E-state index in [1.165, 1.54) is 19.1 Å². The van der Waals surface area contributed by atoms with Crippen molar-refractivity contribution >= 4 is 42.2 Å². The van der Waals surface area contributed by atoms with Crippen LogP contribution >= 0.6 is 30.8 Å². The summed E-state index contributed by atoms with van der Waals surface area (Å²) in [6, 6.07) is 4.56. The molecule has 0 unspecified atom stereocenters. The summed E-state index contributed by atoms with van der Waals surface area (Å²) in [7, 11) is -3.56. The first-order chi connectivity index (χ1) is 11.3. The van der Waals surface area contributed by atoms with Crippen molar-refractivity contribution < 1.29 is 28.0 Å². The van der Waals surface area contributed by atoms with Crippen molar-refractivity contribution in [3.8, 4) is 5.75 Å². The van der Waals surface area contributed by atoms with E-state index in [4.69, 9.17) is 37.0 Å². The molecule has 0 aliphatic heterocycles. The maximum atomic E-state index is 12.4. The minimum atomic E-state index is -3.56. The third kappa shape index (κ3) is 6.42. The van der Waals surface area contributed by atoms with Crippen LogP contribution < -0.4 is 4.74 Å². The van der Waals surface area contributed by atoms with Gasteiger partial charge in [-0.2, -0.15) is 0 Å². The molecule has 10 heteroatoms. The van der Waals surface area contributed by atoms with Gasteiger partial charge in [-0.1, -0.05) is 28.4 Å². The molecular weight excluding hydrogens is 380 g/mol. The highest BCUT2D eigenvalue weighted by molar-refractivity contribution is 7.72. The van der Waals surface area contributed by atoms with Crippen LogP contribution in [-0.4, -0.2) is 31.2 Å². The Morgan fingerprint density at radius 1 is 1.21 bits per heavy atom. The van der Waals surface area contributed by atoms with Crippen molar-refractivity contribution in [3.63, 3.8) is 0 Å². The molecule has 134 valence electrons. The Bertz CT molecular complexity index is 642. The molecule has 0 N–H and O–H groups in total. The number of hydrogen-bond donors (Lipinski definition) is 0. The van der Waals surface area contributed by atoms with Crippen molar-refractivity contribution in [1.82, 2.24) is 0 Å². The summed E-state index contributed by atoms with van der Waals surface area (Å²) in [4.78, 5) is 16.3. The number of oxime groups is 1. The summed E-state index contributed by atoms with van der Waals surface area (Å²) in [6.07, 6.45) is 0. The van der Waals surface area contributed by atoms with Gasteiger partial charge in [-0.15, -0.1) is 0 Å². The molecule has 0 saturated heterocycles. The molecule has 0 atom stereocenters. The molecule has 24 heavy (non-hydrogen) atoms. The van der Waals surface area contributed by atoms with Gasteiger partial charge in [0.2, 0.25) is 0 Å². The van der Waals surface area contributed by atoms with Gasteiger partial charge in [-0.05, 0) is 39.0 Å². The standard InChI is InChI=1S/C14H18Cl2NO6P/c1-4-21-24(19,22-5-2)10(3)17-23-14(18)9-20-13-7-6-11(15)8-12(13)16/h6-8H,4-5,9H2,1-3H3. The SMILES string of the molecule is CCOP(=O)(OCC)C(C)=NOC(=O)COc1ccc(Cl)cc1Cl. The zero-order valence-electron chi connectivity index (χ0n) is 13.5. The van der Waals surface area contributed by atoms with Crippen LogP contribution in [-0.2, 0) is 23.2 Å². The maximum absolute atomic E-state index is 12.4. The van der Waals surface area contributed by atoms with Gasteiger partial charge in [0, 0.05) is 5.02 Å². The molecule has 0 heterocycles. The third-order valence-electron chi connectivity index (χ3n) is 2.51. The molecule has 0 aliphatic rings.